The van der Waals surface area contributed by atoms with Crippen molar-refractivity contribution in [1.29, 1.82) is 0 Å². The fourth-order valence-electron chi connectivity index (χ4n) is 3.13. The predicted octanol–water partition coefficient (Wildman–Crippen LogP) is 2.25. The largest absolute Gasteiger partial charge is 0.325 e. The van der Waals surface area contributed by atoms with Gasteiger partial charge in [0.25, 0.3) is 0 Å². The molecule has 0 radical (unpaired) electrons. The third kappa shape index (κ3) is 4.74. The zero-order chi connectivity index (χ0) is 19.4. The first-order chi connectivity index (χ1) is 12.9. The van der Waals surface area contributed by atoms with Crippen LogP contribution in [0.25, 0.3) is 0 Å². The van der Waals surface area contributed by atoms with Crippen LogP contribution in [0.1, 0.15) is 11.1 Å². The summed E-state index contributed by atoms with van der Waals surface area (Å²) in [6.07, 6.45) is 0. The lowest BCUT2D eigenvalue weighted by atomic mass is 10.1. The van der Waals surface area contributed by atoms with Crippen molar-refractivity contribution in [3.63, 3.8) is 0 Å². The van der Waals surface area contributed by atoms with E-state index in [9.17, 15) is 13.2 Å². The number of carbonyl (C=O) groups is 1. The molecular weight excluding hydrogens is 362 g/mol. The van der Waals surface area contributed by atoms with Crippen molar-refractivity contribution >= 4 is 21.6 Å². The summed E-state index contributed by atoms with van der Waals surface area (Å²) in [5, 5.41) is 2.95. The molecule has 3 rings (SSSR count). The monoisotopic (exact) mass is 387 g/mol. The molecule has 0 bridgehead atoms. The number of aryl methyl sites for hydroxylation is 2. The summed E-state index contributed by atoms with van der Waals surface area (Å²) in [5.41, 5.74) is 2.94. The molecule has 6 nitrogen and oxygen atoms in total. The molecule has 1 aliphatic rings. The first kappa shape index (κ1) is 19.5. The summed E-state index contributed by atoms with van der Waals surface area (Å²) in [6.45, 7) is 6.04. The number of rotatable bonds is 5. The molecule has 1 aliphatic heterocycles. The van der Waals surface area contributed by atoms with Crippen molar-refractivity contribution in [2.75, 3.05) is 38.0 Å². The molecule has 0 spiro atoms. The SMILES string of the molecule is Cc1ccc(C)c(NC(=O)CN2CCN(S(=O)(=O)c3ccccc3)CC2)c1. The number of hydrogen-bond acceptors (Lipinski definition) is 4. The van der Waals surface area contributed by atoms with Crippen molar-refractivity contribution in [2.24, 2.45) is 0 Å². The molecule has 0 aromatic heterocycles. The second-order valence-corrected chi connectivity index (χ2v) is 8.80. The van der Waals surface area contributed by atoms with Gasteiger partial charge in [0, 0.05) is 31.9 Å². The van der Waals surface area contributed by atoms with E-state index in [0.29, 0.717) is 31.1 Å². The molecule has 0 aliphatic carbocycles. The Morgan fingerprint density at radius 3 is 2.33 bits per heavy atom. The van der Waals surface area contributed by atoms with Gasteiger partial charge in [-0.15, -0.1) is 0 Å². The minimum atomic E-state index is -3.47. The minimum Gasteiger partial charge on any atom is -0.325 e. The summed E-state index contributed by atoms with van der Waals surface area (Å²) in [5.74, 6) is -0.0805. The maximum absolute atomic E-state index is 12.7. The Morgan fingerprint density at radius 1 is 1.00 bits per heavy atom. The fraction of sp³-hybridized carbons (Fsp3) is 0.350. The van der Waals surface area contributed by atoms with E-state index >= 15 is 0 Å². The van der Waals surface area contributed by atoms with E-state index < -0.39 is 10.0 Å². The van der Waals surface area contributed by atoms with Crippen LogP contribution in [0.5, 0.6) is 0 Å². The van der Waals surface area contributed by atoms with Crippen LogP contribution >= 0.6 is 0 Å². The van der Waals surface area contributed by atoms with Gasteiger partial charge in [0.05, 0.1) is 11.4 Å². The Balaban J connectivity index is 1.55. The molecule has 1 N–H and O–H groups in total. The molecule has 7 heteroatoms. The number of sulfonamides is 1. The number of hydrogen-bond donors (Lipinski definition) is 1. The smallest absolute Gasteiger partial charge is 0.243 e. The van der Waals surface area contributed by atoms with Gasteiger partial charge in [-0.3, -0.25) is 9.69 Å². The molecule has 2 aromatic carbocycles. The summed E-state index contributed by atoms with van der Waals surface area (Å²) in [4.78, 5) is 14.7. The van der Waals surface area contributed by atoms with Gasteiger partial charge in [0.1, 0.15) is 0 Å². The van der Waals surface area contributed by atoms with E-state index in [4.69, 9.17) is 0 Å². The minimum absolute atomic E-state index is 0.0805. The molecular formula is C20H25N3O3S. The zero-order valence-corrected chi connectivity index (χ0v) is 16.5. The van der Waals surface area contributed by atoms with Crippen LogP contribution in [0.3, 0.4) is 0 Å². The maximum atomic E-state index is 12.7. The first-order valence-corrected chi connectivity index (χ1v) is 10.4. The van der Waals surface area contributed by atoms with Crippen molar-refractivity contribution in [2.45, 2.75) is 18.7 Å². The van der Waals surface area contributed by atoms with Crippen molar-refractivity contribution in [1.82, 2.24) is 9.21 Å². The second-order valence-electron chi connectivity index (χ2n) is 6.86. The van der Waals surface area contributed by atoms with Gasteiger partial charge in [-0.05, 0) is 43.2 Å². The average molecular weight is 388 g/mol. The molecule has 1 amide bonds. The quantitative estimate of drug-likeness (QED) is 0.854. The molecule has 1 fully saturated rings. The summed E-state index contributed by atoms with van der Waals surface area (Å²) >= 11 is 0. The number of nitrogens with one attached hydrogen (secondary N) is 1. The number of nitrogens with zero attached hydrogens (tertiary/aromatic N) is 2. The van der Waals surface area contributed by atoms with Crippen molar-refractivity contribution < 1.29 is 13.2 Å². The van der Waals surface area contributed by atoms with E-state index in [0.717, 1.165) is 16.8 Å². The summed E-state index contributed by atoms with van der Waals surface area (Å²) in [7, 11) is -3.47. The highest BCUT2D eigenvalue weighted by molar-refractivity contribution is 7.89. The van der Waals surface area contributed by atoms with E-state index in [1.54, 1.807) is 30.3 Å². The Kier molecular flexibility index (Phi) is 5.94. The van der Waals surface area contributed by atoms with Gasteiger partial charge in [-0.25, -0.2) is 8.42 Å². The van der Waals surface area contributed by atoms with Crippen molar-refractivity contribution in [3.05, 3.63) is 59.7 Å². The van der Waals surface area contributed by atoms with E-state index in [2.05, 4.69) is 5.32 Å². The summed E-state index contributed by atoms with van der Waals surface area (Å²) < 4.78 is 26.8. The summed E-state index contributed by atoms with van der Waals surface area (Å²) in [6, 6.07) is 14.4. The molecule has 0 unspecified atom stereocenters. The number of carbonyl (C=O) groups excluding carboxylic acids is 1. The van der Waals surface area contributed by atoms with Crippen LogP contribution < -0.4 is 5.32 Å². The molecule has 0 saturated carbocycles. The number of amides is 1. The normalized spacial score (nSPS) is 16.2. The first-order valence-electron chi connectivity index (χ1n) is 9.01. The molecule has 144 valence electrons. The third-order valence-corrected chi connectivity index (χ3v) is 6.66. The molecule has 0 atom stereocenters. The standard InChI is InChI=1S/C20H25N3O3S/c1-16-8-9-17(2)19(14-16)21-20(24)15-22-10-12-23(13-11-22)27(25,26)18-6-4-3-5-7-18/h3-9,14H,10-13,15H2,1-2H3,(H,21,24). The molecule has 2 aromatic rings. The second kappa shape index (κ2) is 8.21. The highest BCUT2D eigenvalue weighted by Crippen LogP contribution is 2.18. The molecule has 1 heterocycles. The zero-order valence-electron chi connectivity index (χ0n) is 15.7. The lowest BCUT2D eigenvalue weighted by molar-refractivity contribution is -0.117. The molecule has 27 heavy (non-hydrogen) atoms. The van der Waals surface area contributed by atoms with E-state index in [-0.39, 0.29) is 12.5 Å². The number of anilines is 1. The fourth-order valence-corrected chi connectivity index (χ4v) is 4.58. The lowest BCUT2D eigenvalue weighted by Gasteiger charge is -2.33. The highest BCUT2D eigenvalue weighted by atomic mass is 32.2. The molecule has 1 saturated heterocycles. The van der Waals surface area contributed by atoms with Crippen LogP contribution in [-0.4, -0.2) is 56.3 Å². The lowest BCUT2D eigenvalue weighted by Crippen LogP contribution is -2.50. The van der Waals surface area contributed by atoms with Crippen molar-refractivity contribution in [3.8, 4) is 0 Å². The van der Waals surface area contributed by atoms with Gasteiger partial charge < -0.3 is 5.32 Å². The number of piperazine rings is 1. The topological polar surface area (TPSA) is 69.7 Å². The average Bonchev–Trinajstić information content (AvgIpc) is 2.66. The van der Waals surface area contributed by atoms with Crippen LogP contribution in [0.2, 0.25) is 0 Å². The van der Waals surface area contributed by atoms with Gasteiger partial charge in [0.2, 0.25) is 15.9 Å². The predicted molar refractivity (Wildman–Crippen MR) is 106 cm³/mol. The third-order valence-electron chi connectivity index (χ3n) is 4.75. The van der Waals surface area contributed by atoms with Crippen LogP contribution in [-0.2, 0) is 14.8 Å². The maximum Gasteiger partial charge on any atom is 0.243 e. The van der Waals surface area contributed by atoms with Crippen LogP contribution in [0, 0.1) is 13.8 Å². The van der Waals surface area contributed by atoms with Gasteiger partial charge >= 0.3 is 0 Å². The van der Waals surface area contributed by atoms with Gasteiger partial charge in [-0.1, -0.05) is 30.3 Å². The van der Waals surface area contributed by atoms with Crippen LogP contribution in [0.15, 0.2) is 53.4 Å². The Bertz CT molecular complexity index is 905. The Morgan fingerprint density at radius 2 is 1.67 bits per heavy atom. The highest BCUT2D eigenvalue weighted by Gasteiger charge is 2.28. The number of benzene rings is 2. The van der Waals surface area contributed by atoms with Gasteiger partial charge in [0.15, 0.2) is 0 Å². The van der Waals surface area contributed by atoms with Crippen LogP contribution in [0.4, 0.5) is 5.69 Å². The van der Waals surface area contributed by atoms with E-state index in [1.165, 1.54) is 4.31 Å². The van der Waals surface area contributed by atoms with E-state index in [1.807, 2.05) is 36.9 Å². The van der Waals surface area contributed by atoms with Gasteiger partial charge in [-0.2, -0.15) is 4.31 Å². The Labute approximate surface area is 160 Å². The Hall–Kier alpha value is -2.22.